The van der Waals surface area contributed by atoms with Crippen molar-refractivity contribution in [3.05, 3.63) is 65.7 Å². The molecule has 2 aromatic carbocycles. The third-order valence-electron chi connectivity index (χ3n) is 5.13. The molecule has 0 radical (unpaired) electrons. The highest BCUT2D eigenvalue weighted by Crippen LogP contribution is 2.42. The van der Waals surface area contributed by atoms with Crippen LogP contribution in [-0.4, -0.2) is 38.7 Å². The van der Waals surface area contributed by atoms with Crippen molar-refractivity contribution in [3.63, 3.8) is 0 Å². The summed E-state index contributed by atoms with van der Waals surface area (Å²) in [6.07, 6.45) is 0.803. The standard InChI is InChI=1S/C22H27NO5S/c1-22(2)21(17-9-11-19(27-3)12-10-17)29(25,26)23-20(28-22)15-18(13-14-24)16-7-5-4-6-8-16/h4-12,18,21,24H,13-15H2,1-3H3/t18-,21?/m1/s1. The molecule has 0 bridgehead atoms. The summed E-state index contributed by atoms with van der Waals surface area (Å²) in [6.45, 7) is 3.52. The number of benzene rings is 2. The van der Waals surface area contributed by atoms with Gasteiger partial charge < -0.3 is 14.6 Å². The fourth-order valence-corrected chi connectivity index (χ4v) is 5.61. The Morgan fingerprint density at radius 2 is 1.79 bits per heavy atom. The summed E-state index contributed by atoms with van der Waals surface area (Å²) >= 11 is 0. The highest BCUT2D eigenvalue weighted by atomic mass is 32.2. The average Bonchev–Trinajstić information content (AvgIpc) is 2.67. The monoisotopic (exact) mass is 417 g/mol. The number of nitrogens with zero attached hydrogens (tertiary/aromatic N) is 1. The minimum Gasteiger partial charge on any atom is -0.497 e. The molecule has 1 N–H and O–H groups in total. The van der Waals surface area contributed by atoms with E-state index in [0.29, 0.717) is 24.2 Å². The summed E-state index contributed by atoms with van der Waals surface area (Å²) in [5.41, 5.74) is 0.624. The van der Waals surface area contributed by atoms with Gasteiger partial charge in [-0.15, -0.1) is 4.40 Å². The van der Waals surface area contributed by atoms with Crippen LogP contribution in [-0.2, 0) is 14.8 Å². The van der Waals surface area contributed by atoms with E-state index in [9.17, 15) is 13.5 Å². The zero-order chi connectivity index (χ0) is 21.1. The average molecular weight is 418 g/mol. The minimum atomic E-state index is -3.84. The van der Waals surface area contributed by atoms with Gasteiger partial charge in [-0.25, -0.2) is 8.42 Å². The Morgan fingerprint density at radius 1 is 1.14 bits per heavy atom. The number of sulfonamides is 1. The molecule has 0 fully saturated rings. The van der Waals surface area contributed by atoms with Crippen molar-refractivity contribution in [1.82, 2.24) is 0 Å². The molecular formula is C22H27NO5S. The van der Waals surface area contributed by atoms with E-state index >= 15 is 0 Å². The molecule has 0 amide bonds. The lowest BCUT2D eigenvalue weighted by Crippen LogP contribution is -2.43. The lowest BCUT2D eigenvalue weighted by atomic mass is 9.92. The van der Waals surface area contributed by atoms with Crippen LogP contribution in [0.5, 0.6) is 5.75 Å². The van der Waals surface area contributed by atoms with Gasteiger partial charge in [-0.3, -0.25) is 0 Å². The van der Waals surface area contributed by atoms with Crippen molar-refractivity contribution in [1.29, 1.82) is 0 Å². The summed E-state index contributed by atoms with van der Waals surface area (Å²) in [5.74, 6) is 0.755. The van der Waals surface area contributed by atoms with Crippen molar-refractivity contribution in [2.45, 2.75) is 43.5 Å². The van der Waals surface area contributed by atoms with Gasteiger partial charge in [-0.1, -0.05) is 42.5 Å². The second kappa shape index (κ2) is 8.55. The van der Waals surface area contributed by atoms with Crippen LogP contribution < -0.4 is 4.74 Å². The van der Waals surface area contributed by atoms with Crippen molar-refractivity contribution >= 4 is 15.9 Å². The van der Waals surface area contributed by atoms with Crippen LogP contribution in [0, 0.1) is 0 Å². The molecule has 2 atom stereocenters. The van der Waals surface area contributed by atoms with E-state index in [2.05, 4.69) is 4.40 Å². The van der Waals surface area contributed by atoms with Crippen LogP contribution in [0.25, 0.3) is 0 Å². The largest absolute Gasteiger partial charge is 0.497 e. The zero-order valence-corrected chi connectivity index (χ0v) is 17.7. The van der Waals surface area contributed by atoms with E-state index in [1.54, 1.807) is 45.2 Å². The number of aliphatic hydroxyl groups excluding tert-OH is 1. The first-order valence-corrected chi connectivity index (χ1v) is 11.1. The Bertz CT molecular complexity index is 952. The number of rotatable bonds is 7. The van der Waals surface area contributed by atoms with Crippen LogP contribution >= 0.6 is 0 Å². The van der Waals surface area contributed by atoms with Crippen LogP contribution in [0.1, 0.15) is 49.0 Å². The Labute approximate surface area is 172 Å². The van der Waals surface area contributed by atoms with Gasteiger partial charge in [-0.05, 0) is 49.4 Å². The van der Waals surface area contributed by atoms with Gasteiger partial charge in [0.2, 0.25) is 5.90 Å². The van der Waals surface area contributed by atoms with Crippen molar-refractivity contribution < 1.29 is 23.0 Å². The lowest BCUT2D eigenvalue weighted by Gasteiger charge is -2.38. The van der Waals surface area contributed by atoms with E-state index in [1.165, 1.54) is 0 Å². The maximum Gasteiger partial charge on any atom is 0.267 e. The van der Waals surface area contributed by atoms with Crippen molar-refractivity contribution in [3.8, 4) is 5.75 Å². The topological polar surface area (TPSA) is 85.2 Å². The SMILES string of the molecule is COc1ccc(C2C(C)(C)OC(C[C@@H](CCO)c3ccccc3)=NS2(=O)=O)cc1. The van der Waals surface area contributed by atoms with Gasteiger partial charge >= 0.3 is 0 Å². The van der Waals surface area contributed by atoms with Crippen LogP contribution in [0.15, 0.2) is 59.0 Å². The number of aliphatic hydroxyl groups is 1. The summed E-state index contributed by atoms with van der Waals surface area (Å²) in [5, 5.41) is 8.54. The number of hydrogen-bond donors (Lipinski definition) is 1. The predicted molar refractivity (Wildman–Crippen MR) is 113 cm³/mol. The summed E-state index contributed by atoms with van der Waals surface area (Å²) < 4.78 is 41.4. The second-order valence-electron chi connectivity index (χ2n) is 7.68. The van der Waals surface area contributed by atoms with Gasteiger partial charge in [0.25, 0.3) is 10.0 Å². The smallest absolute Gasteiger partial charge is 0.267 e. The molecule has 0 aliphatic carbocycles. The number of ether oxygens (including phenoxy) is 2. The molecule has 1 unspecified atom stereocenters. The van der Waals surface area contributed by atoms with Gasteiger partial charge in [-0.2, -0.15) is 0 Å². The van der Waals surface area contributed by atoms with Gasteiger partial charge in [0.1, 0.15) is 16.6 Å². The van der Waals surface area contributed by atoms with Crippen molar-refractivity contribution in [2.75, 3.05) is 13.7 Å². The Hall–Kier alpha value is -2.38. The Kier molecular flexibility index (Phi) is 6.29. The molecule has 3 rings (SSSR count). The van der Waals surface area contributed by atoms with E-state index < -0.39 is 20.9 Å². The van der Waals surface area contributed by atoms with Crippen LogP contribution in [0.4, 0.5) is 0 Å². The second-order valence-corrected chi connectivity index (χ2v) is 9.37. The first kappa shape index (κ1) is 21.3. The summed E-state index contributed by atoms with van der Waals surface area (Å²) in [6, 6.07) is 16.6. The molecule has 0 saturated heterocycles. The highest BCUT2D eigenvalue weighted by molar-refractivity contribution is 7.90. The quantitative estimate of drug-likeness (QED) is 0.740. The minimum absolute atomic E-state index is 0.00252. The molecule has 29 heavy (non-hydrogen) atoms. The molecule has 1 aliphatic heterocycles. The fraction of sp³-hybridized carbons (Fsp3) is 0.409. The fourth-order valence-electron chi connectivity index (χ4n) is 3.84. The number of hydrogen-bond acceptors (Lipinski definition) is 5. The predicted octanol–water partition coefficient (Wildman–Crippen LogP) is 3.83. The first-order chi connectivity index (χ1) is 13.8. The third kappa shape index (κ3) is 4.79. The molecule has 1 aliphatic rings. The molecule has 2 aromatic rings. The molecule has 0 spiro atoms. The molecule has 1 heterocycles. The molecular weight excluding hydrogens is 390 g/mol. The van der Waals surface area contributed by atoms with E-state index in [1.807, 2.05) is 30.3 Å². The molecule has 0 aromatic heterocycles. The molecule has 6 nitrogen and oxygen atoms in total. The lowest BCUT2D eigenvalue weighted by molar-refractivity contribution is 0.0797. The Balaban J connectivity index is 1.92. The van der Waals surface area contributed by atoms with E-state index in [0.717, 1.165) is 5.56 Å². The third-order valence-corrected chi connectivity index (χ3v) is 7.02. The maximum absolute atomic E-state index is 13.1. The number of methoxy groups -OCH3 is 1. The van der Waals surface area contributed by atoms with E-state index in [4.69, 9.17) is 9.47 Å². The van der Waals surface area contributed by atoms with Gasteiger partial charge in [0, 0.05) is 13.0 Å². The highest BCUT2D eigenvalue weighted by Gasteiger charge is 2.47. The normalized spacial score (nSPS) is 21.0. The summed E-state index contributed by atoms with van der Waals surface area (Å²) in [7, 11) is -2.28. The van der Waals surface area contributed by atoms with Crippen LogP contribution in [0.3, 0.4) is 0 Å². The van der Waals surface area contributed by atoms with Crippen LogP contribution in [0.2, 0.25) is 0 Å². The zero-order valence-electron chi connectivity index (χ0n) is 16.9. The van der Waals surface area contributed by atoms with Crippen molar-refractivity contribution in [2.24, 2.45) is 4.40 Å². The molecule has 0 saturated carbocycles. The van der Waals surface area contributed by atoms with Gasteiger partial charge in [0.05, 0.1) is 7.11 Å². The Morgan fingerprint density at radius 3 is 2.34 bits per heavy atom. The molecule has 156 valence electrons. The first-order valence-electron chi connectivity index (χ1n) is 9.58. The molecule has 7 heteroatoms. The summed E-state index contributed by atoms with van der Waals surface area (Å²) in [4.78, 5) is 0. The van der Waals surface area contributed by atoms with Gasteiger partial charge in [0.15, 0.2) is 0 Å². The maximum atomic E-state index is 13.1. The van der Waals surface area contributed by atoms with E-state index in [-0.39, 0.29) is 18.4 Å².